The summed E-state index contributed by atoms with van der Waals surface area (Å²) in [5.74, 6) is -0.606. The molecule has 1 heterocycles. The first-order chi connectivity index (χ1) is 9.58. The predicted molar refractivity (Wildman–Crippen MR) is 77.5 cm³/mol. The maximum Gasteiger partial charge on any atom is 0.250 e. The molecule has 0 atom stereocenters. The van der Waals surface area contributed by atoms with Crippen LogP contribution in [0.25, 0.3) is 6.08 Å². The van der Waals surface area contributed by atoms with Gasteiger partial charge in [0.05, 0.1) is 7.11 Å². The van der Waals surface area contributed by atoms with Gasteiger partial charge in [0.2, 0.25) is 5.91 Å². The van der Waals surface area contributed by atoms with Gasteiger partial charge in [0.15, 0.2) is 16.7 Å². The fourth-order valence-electron chi connectivity index (χ4n) is 1.52. The summed E-state index contributed by atoms with van der Waals surface area (Å²) in [6, 6.07) is 4.48. The molecular weight excluding hydrogens is 279 g/mol. The molecule has 20 heavy (non-hydrogen) atoms. The Kier molecular flexibility index (Phi) is 4.47. The second-order valence-electron chi connectivity index (χ2n) is 3.99. The summed E-state index contributed by atoms with van der Waals surface area (Å²) >= 11 is 1.39. The number of aryl methyl sites for hydroxylation is 1. The molecule has 6 heteroatoms. The quantitative estimate of drug-likeness (QED) is 0.880. The Balaban J connectivity index is 2.01. The van der Waals surface area contributed by atoms with Crippen LogP contribution < -0.4 is 10.1 Å². The van der Waals surface area contributed by atoms with Crippen LogP contribution in [0.4, 0.5) is 9.52 Å². The van der Waals surface area contributed by atoms with E-state index in [2.05, 4.69) is 10.3 Å². The van der Waals surface area contributed by atoms with Gasteiger partial charge in [0, 0.05) is 17.2 Å². The van der Waals surface area contributed by atoms with E-state index in [9.17, 15) is 9.18 Å². The van der Waals surface area contributed by atoms with Crippen molar-refractivity contribution in [1.29, 1.82) is 0 Å². The third kappa shape index (κ3) is 3.64. The average Bonchev–Trinajstić information content (AvgIpc) is 2.82. The Bertz CT molecular complexity index is 652. The van der Waals surface area contributed by atoms with E-state index >= 15 is 0 Å². The molecule has 0 aliphatic rings. The summed E-state index contributed by atoms with van der Waals surface area (Å²) in [7, 11) is 1.40. The maximum atomic E-state index is 13.5. The highest BCUT2D eigenvalue weighted by Crippen LogP contribution is 2.19. The topological polar surface area (TPSA) is 51.2 Å². The summed E-state index contributed by atoms with van der Waals surface area (Å²) in [5, 5.41) is 3.17. The molecule has 0 spiro atoms. The summed E-state index contributed by atoms with van der Waals surface area (Å²) < 4.78 is 18.3. The number of carbonyl (C=O) groups is 1. The Labute approximate surface area is 119 Å². The molecule has 0 aliphatic carbocycles. The molecule has 0 bridgehead atoms. The average molecular weight is 292 g/mol. The van der Waals surface area contributed by atoms with Crippen LogP contribution in [0.1, 0.15) is 10.4 Å². The molecule has 1 aromatic carbocycles. The highest BCUT2D eigenvalue weighted by Gasteiger charge is 2.03. The number of amides is 1. The number of ether oxygens (including phenoxy) is 1. The van der Waals surface area contributed by atoms with Crippen LogP contribution in [0.2, 0.25) is 0 Å². The largest absolute Gasteiger partial charge is 0.494 e. The molecule has 1 amide bonds. The van der Waals surface area contributed by atoms with Crippen molar-refractivity contribution in [3.8, 4) is 5.75 Å². The molecule has 2 aromatic rings. The molecular formula is C14H13FN2O2S. The first-order valence-corrected chi connectivity index (χ1v) is 6.65. The molecule has 0 fully saturated rings. The minimum absolute atomic E-state index is 0.171. The van der Waals surface area contributed by atoms with E-state index in [1.165, 1.54) is 42.7 Å². The SMILES string of the molecule is COc1ccc(C=CC(=O)Nc2ncc(C)s2)cc1F. The summed E-state index contributed by atoms with van der Waals surface area (Å²) in [6.07, 6.45) is 4.54. The lowest BCUT2D eigenvalue weighted by Gasteiger charge is -2.01. The van der Waals surface area contributed by atoms with Crippen LogP contribution in [0.15, 0.2) is 30.5 Å². The van der Waals surface area contributed by atoms with Crippen molar-refractivity contribution in [2.75, 3.05) is 12.4 Å². The van der Waals surface area contributed by atoms with E-state index in [1.54, 1.807) is 12.3 Å². The normalized spacial score (nSPS) is 10.8. The second kappa shape index (κ2) is 6.29. The van der Waals surface area contributed by atoms with Crippen molar-refractivity contribution in [3.05, 3.63) is 46.7 Å². The van der Waals surface area contributed by atoms with Crippen molar-refractivity contribution in [2.24, 2.45) is 0 Å². The second-order valence-corrected chi connectivity index (χ2v) is 5.23. The minimum atomic E-state index is -0.467. The van der Waals surface area contributed by atoms with Gasteiger partial charge < -0.3 is 4.74 Å². The lowest BCUT2D eigenvalue weighted by atomic mass is 10.2. The van der Waals surface area contributed by atoms with Crippen molar-refractivity contribution in [2.45, 2.75) is 6.92 Å². The predicted octanol–water partition coefficient (Wildman–Crippen LogP) is 3.25. The first kappa shape index (κ1) is 14.2. The van der Waals surface area contributed by atoms with Crippen molar-refractivity contribution < 1.29 is 13.9 Å². The van der Waals surface area contributed by atoms with Crippen LogP contribution in [-0.2, 0) is 4.79 Å². The number of hydrogen-bond donors (Lipinski definition) is 1. The van der Waals surface area contributed by atoms with Gasteiger partial charge in [0.1, 0.15) is 0 Å². The molecule has 4 nitrogen and oxygen atoms in total. The summed E-state index contributed by atoms with van der Waals surface area (Å²) in [5.41, 5.74) is 0.578. The first-order valence-electron chi connectivity index (χ1n) is 5.83. The molecule has 104 valence electrons. The molecule has 0 unspecified atom stereocenters. The number of methoxy groups -OCH3 is 1. The molecule has 1 N–H and O–H groups in total. The molecule has 2 rings (SSSR count). The number of thiazole rings is 1. The molecule has 0 aliphatic heterocycles. The summed E-state index contributed by atoms with van der Waals surface area (Å²) in [4.78, 5) is 16.7. The van der Waals surface area contributed by atoms with E-state index in [4.69, 9.17) is 4.74 Å². The fourth-order valence-corrected chi connectivity index (χ4v) is 2.19. The van der Waals surface area contributed by atoms with Crippen LogP contribution in [-0.4, -0.2) is 18.0 Å². The van der Waals surface area contributed by atoms with Gasteiger partial charge in [-0.2, -0.15) is 0 Å². The summed E-state index contributed by atoms with van der Waals surface area (Å²) in [6.45, 7) is 1.91. The fraction of sp³-hybridized carbons (Fsp3) is 0.143. The third-order valence-corrected chi connectivity index (χ3v) is 3.28. The molecule has 1 aromatic heterocycles. The standard InChI is InChI=1S/C14H13FN2O2S/c1-9-8-16-14(20-9)17-13(18)6-4-10-3-5-12(19-2)11(15)7-10/h3-8H,1-2H3,(H,16,17,18). The van der Waals surface area contributed by atoms with Gasteiger partial charge >= 0.3 is 0 Å². The molecule has 0 radical (unpaired) electrons. The van der Waals surface area contributed by atoms with E-state index in [0.717, 1.165) is 4.88 Å². The van der Waals surface area contributed by atoms with Crippen molar-refractivity contribution in [3.63, 3.8) is 0 Å². The van der Waals surface area contributed by atoms with Gasteiger partial charge in [-0.15, -0.1) is 11.3 Å². The maximum absolute atomic E-state index is 13.5. The highest BCUT2D eigenvalue weighted by atomic mass is 32.1. The number of nitrogens with zero attached hydrogens (tertiary/aromatic N) is 1. The van der Waals surface area contributed by atoms with Crippen molar-refractivity contribution in [1.82, 2.24) is 4.98 Å². The monoisotopic (exact) mass is 292 g/mol. The number of aromatic nitrogens is 1. The highest BCUT2D eigenvalue weighted by molar-refractivity contribution is 7.15. The van der Waals surface area contributed by atoms with Gasteiger partial charge in [-0.05, 0) is 30.7 Å². The van der Waals surface area contributed by atoms with Crippen LogP contribution >= 0.6 is 11.3 Å². The van der Waals surface area contributed by atoms with Gasteiger partial charge in [-0.25, -0.2) is 9.37 Å². The number of anilines is 1. The number of carbonyl (C=O) groups excluding carboxylic acids is 1. The Morgan fingerprint density at radius 2 is 2.30 bits per heavy atom. The van der Waals surface area contributed by atoms with Crippen molar-refractivity contribution >= 4 is 28.5 Å². The van der Waals surface area contributed by atoms with Crippen LogP contribution in [0.5, 0.6) is 5.75 Å². The van der Waals surface area contributed by atoms with Gasteiger partial charge in [0.25, 0.3) is 0 Å². The Morgan fingerprint density at radius 1 is 1.50 bits per heavy atom. The zero-order chi connectivity index (χ0) is 14.5. The number of halogens is 1. The third-order valence-electron chi connectivity index (χ3n) is 2.45. The lowest BCUT2D eigenvalue weighted by Crippen LogP contribution is -2.07. The zero-order valence-corrected chi connectivity index (χ0v) is 11.8. The Morgan fingerprint density at radius 3 is 2.90 bits per heavy atom. The number of hydrogen-bond acceptors (Lipinski definition) is 4. The Hall–Kier alpha value is -2.21. The number of nitrogens with one attached hydrogen (secondary N) is 1. The van der Waals surface area contributed by atoms with E-state index in [0.29, 0.717) is 10.7 Å². The smallest absolute Gasteiger partial charge is 0.250 e. The van der Waals surface area contributed by atoms with E-state index in [-0.39, 0.29) is 11.7 Å². The van der Waals surface area contributed by atoms with Gasteiger partial charge in [-0.1, -0.05) is 6.07 Å². The molecule has 0 saturated carbocycles. The number of benzene rings is 1. The van der Waals surface area contributed by atoms with Crippen LogP contribution in [0.3, 0.4) is 0 Å². The minimum Gasteiger partial charge on any atom is -0.494 e. The van der Waals surface area contributed by atoms with E-state index in [1.807, 2.05) is 6.92 Å². The molecule has 0 saturated heterocycles. The van der Waals surface area contributed by atoms with E-state index < -0.39 is 5.82 Å². The van der Waals surface area contributed by atoms with Gasteiger partial charge in [-0.3, -0.25) is 10.1 Å². The lowest BCUT2D eigenvalue weighted by molar-refractivity contribution is -0.111. The number of rotatable bonds is 4. The van der Waals surface area contributed by atoms with Crippen LogP contribution in [0, 0.1) is 12.7 Å². The zero-order valence-electron chi connectivity index (χ0n) is 11.0.